The third kappa shape index (κ3) is 13.0. The lowest BCUT2D eigenvalue weighted by Gasteiger charge is -2.18. The molecule has 4 rings (SSSR count). The van der Waals surface area contributed by atoms with Crippen molar-refractivity contribution in [2.45, 2.75) is 64.8 Å². The molecule has 57 heavy (non-hydrogen) atoms. The van der Waals surface area contributed by atoms with Crippen LogP contribution in [-0.4, -0.2) is 106 Å². The molecule has 5 N–H and O–H groups in total. The quantitative estimate of drug-likeness (QED) is 0.0546. The van der Waals surface area contributed by atoms with Gasteiger partial charge in [0.15, 0.2) is 5.78 Å². The average molecular weight is 804 g/mol. The van der Waals surface area contributed by atoms with E-state index in [0.29, 0.717) is 24.5 Å². The van der Waals surface area contributed by atoms with Crippen molar-refractivity contribution in [2.24, 2.45) is 10.2 Å². The van der Waals surface area contributed by atoms with Crippen LogP contribution in [0, 0.1) is 0 Å². The third-order valence-corrected chi connectivity index (χ3v) is 10.8. The zero-order valence-corrected chi connectivity index (χ0v) is 34.0. The fraction of sp³-hybridized carbons (Fsp3) is 0.425. The zero-order chi connectivity index (χ0) is 41.5. The van der Waals surface area contributed by atoms with Crippen molar-refractivity contribution in [1.29, 1.82) is 0 Å². The Balaban J connectivity index is 1.47. The standard InChI is InChI=1S/C40H53N9O7S/c1-6-48(7-2)20-10-18-41-38(52)29-22-30(39(53)42-19-11-21-49(8-3)9-4)24-33(23-29)47-57(55,56)34-16-14-31(15-17-34)45-46-37(27(5)50)40(54)43-32-13-12-28-25-36(51)44-35(28)26-32/h12-17,22-24,26,37,47H,6-11,18-21,25H2,1-5H3,(H,41,52)(H,42,53)(H,43,54)(H,44,51). The molecule has 4 amide bonds. The summed E-state index contributed by atoms with van der Waals surface area (Å²) in [6.07, 6.45) is 1.68. The number of rotatable bonds is 22. The SMILES string of the molecule is CCN(CC)CCCNC(=O)c1cc(NS(=O)(=O)c2ccc(N=NC(C(C)=O)C(=O)Nc3ccc4c(c3)NC(=O)C4)cc2)cc(C(=O)NCCCN(CC)CC)c1. The molecule has 0 aromatic heterocycles. The summed E-state index contributed by atoms with van der Waals surface area (Å²) in [7, 11) is -4.23. The number of amides is 4. The Kier molecular flexibility index (Phi) is 16.4. The van der Waals surface area contributed by atoms with Crippen LogP contribution in [0.2, 0.25) is 0 Å². The second-order valence-electron chi connectivity index (χ2n) is 13.5. The molecule has 3 aromatic carbocycles. The number of anilines is 3. The topological polar surface area (TPSA) is 211 Å². The van der Waals surface area contributed by atoms with Crippen LogP contribution in [0.4, 0.5) is 22.7 Å². The highest BCUT2D eigenvalue weighted by Gasteiger charge is 2.25. The molecule has 1 aliphatic heterocycles. The van der Waals surface area contributed by atoms with Gasteiger partial charge in [-0.25, -0.2) is 8.42 Å². The second kappa shape index (κ2) is 21.1. The molecule has 17 heteroatoms. The van der Waals surface area contributed by atoms with Gasteiger partial charge in [0.1, 0.15) is 0 Å². The maximum Gasteiger partial charge on any atom is 0.261 e. The van der Waals surface area contributed by atoms with E-state index >= 15 is 0 Å². The van der Waals surface area contributed by atoms with Gasteiger partial charge in [0.05, 0.1) is 22.7 Å². The number of ketones is 1. The van der Waals surface area contributed by atoms with Gasteiger partial charge in [0, 0.05) is 35.6 Å². The number of nitrogens with zero attached hydrogens (tertiary/aromatic N) is 4. The molecule has 1 atom stereocenters. The van der Waals surface area contributed by atoms with Crippen LogP contribution in [0.5, 0.6) is 0 Å². The van der Waals surface area contributed by atoms with Crippen LogP contribution >= 0.6 is 0 Å². The summed E-state index contributed by atoms with van der Waals surface area (Å²) in [6.45, 7) is 15.5. The molecule has 0 bridgehead atoms. The summed E-state index contributed by atoms with van der Waals surface area (Å²) < 4.78 is 29.6. The molecule has 0 aliphatic carbocycles. The maximum atomic E-state index is 13.5. The predicted molar refractivity (Wildman–Crippen MR) is 220 cm³/mol. The molecule has 1 unspecified atom stereocenters. The van der Waals surface area contributed by atoms with Crippen molar-refractivity contribution in [2.75, 3.05) is 67.7 Å². The molecule has 0 radical (unpaired) electrons. The lowest BCUT2D eigenvalue weighted by molar-refractivity contribution is -0.126. The van der Waals surface area contributed by atoms with Crippen LogP contribution in [0.25, 0.3) is 0 Å². The lowest BCUT2D eigenvalue weighted by Crippen LogP contribution is -2.31. The van der Waals surface area contributed by atoms with Crippen LogP contribution in [0.1, 0.15) is 73.7 Å². The highest BCUT2D eigenvalue weighted by Crippen LogP contribution is 2.27. The Labute approximate surface area is 334 Å². The fourth-order valence-corrected chi connectivity index (χ4v) is 7.13. The van der Waals surface area contributed by atoms with Crippen LogP contribution in [0.3, 0.4) is 0 Å². The van der Waals surface area contributed by atoms with E-state index in [1.807, 2.05) is 0 Å². The number of fused-ring (bicyclic) bond motifs is 1. The smallest absolute Gasteiger partial charge is 0.261 e. The van der Waals surface area contributed by atoms with Crippen molar-refractivity contribution in [3.63, 3.8) is 0 Å². The van der Waals surface area contributed by atoms with E-state index < -0.39 is 39.6 Å². The number of Topliss-reactive ketones (excluding diaryl/α,β-unsaturated/α-hetero) is 1. The molecule has 0 saturated carbocycles. The summed E-state index contributed by atoms with van der Waals surface area (Å²) in [5.74, 6) is -2.35. The highest BCUT2D eigenvalue weighted by molar-refractivity contribution is 7.92. The number of nitrogens with one attached hydrogen (secondary N) is 5. The summed E-state index contributed by atoms with van der Waals surface area (Å²) in [4.78, 5) is 67.8. The Bertz CT molecular complexity index is 2000. The van der Waals surface area contributed by atoms with Gasteiger partial charge >= 0.3 is 0 Å². The Hall–Kier alpha value is -5.52. The van der Waals surface area contributed by atoms with Crippen LogP contribution in [-0.2, 0) is 30.8 Å². The van der Waals surface area contributed by atoms with E-state index in [0.717, 1.165) is 57.7 Å². The number of benzene rings is 3. The zero-order valence-electron chi connectivity index (χ0n) is 33.2. The Morgan fingerprint density at radius 3 is 1.86 bits per heavy atom. The van der Waals surface area contributed by atoms with Gasteiger partial charge < -0.3 is 31.1 Å². The van der Waals surface area contributed by atoms with Crippen molar-refractivity contribution in [3.8, 4) is 0 Å². The minimum atomic E-state index is -4.23. The van der Waals surface area contributed by atoms with Gasteiger partial charge in [-0.2, -0.15) is 10.2 Å². The van der Waals surface area contributed by atoms with Crippen molar-refractivity contribution >= 4 is 62.2 Å². The average Bonchev–Trinajstić information content (AvgIpc) is 3.56. The van der Waals surface area contributed by atoms with Gasteiger partial charge in [0.2, 0.25) is 11.9 Å². The van der Waals surface area contributed by atoms with Crippen LogP contribution < -0.4 is 26.0 Å². The van der Waals surface area contributed by atoms with Gasteiger partial charge in [-0.1, -0.05) is 33.8 Å². The largest absolute Gasteiger partial charge is 0.352 e. The molecule has 306 valence electrons. The Morgan fingerprint density at radius 2 is 1.33 bits per heavy atom. The fourth-order valence-electron chi connectivity index (χ4n) is 6.09. The molecule has 16 nitrogen and oxygen atoms in total. The van der Waals surface area contributed by atoms with E-state index in [9.17, 15) is 32.4 Å². The monoisotopic (exact) mass is 803 g/mol. The molecular weight excluding hydrogens is 751 g/mol. The second-order valence-corrected chi connectivity index (χ2v) is 15.2. The molecule has 0 fully saturated rings. The van der Waals surface area contributed by atoms with Gasteiger partial charge in [-0.15, -0.1) is 0 Å². The number of hydrogen-bond donors (Lipinski definition) is 5. The number of azo groups is 1. The van der Waals surface area contributed by atoms with E-state index in [2.05, 4.69) is 73.7 Å². The maximum absolute atomic E-state index is 13.5. The van der Waals surface area contributed by atoms with E-state index in [4.69, 9.17) is 0 Å². The number of carbonyl (C=O) groups excluding carboxylic acids is 5. The minimum Gasteiger partial charge on any atom is -0.352 e. The van der Waals surface area contributed by atoms with Gasteiger partial charge in [0.25, 0.3) is 27.7 Å². The van der Waals surface area contributed by atoms with Crippen molar-refractivity contribution in [3.05, 3.63) is 77.4 Å². The number of carbonyl (C=O) groups is 5. The first-order valence-electron chi connectivity index (χ1n) is 19.2. The van der Waals surface area contributed by atoms with E-state index in [1.165, 1.54) is 49.4 Å². The summed E-state index contributed by atoms with van der Waals surface area (Å²) in [5, 5.41) is 19.0. The minimum absolute atomic E-state index is 0.0175. The number of sulfonamides is 1. The molecule has 1 heterocycles. The van der Waals surface area contributed by atoms with E-state index in [-0.39, 0.29) is 39.7 Å². The first kappa shape index (κ1) is 44.2. The molecule has 0 spiro atoms. The number of hydrogen-bond acceptors (Lipinski definition) is 11. The first-order chi connectivity index (χ1) is 27.3. The van der Waals surface area contributed by atoms with Crippen LogP contribution in [0.15, 0.2) is 75.8 Å². The van der Waals surface area contributed by atoms with Crippen molar-refractivity contribution in [1.82, 2.24) is 20.4 Å². The lowest BCUT2D eigenvalue weighted by atomic mass is 10.1. The van der Waals surface area contributed by atoms with Gasteiger partial charge in [-0.3, -0.25) is 28.7 Å². The summed E-state index contributed by atoms with van der Waals surface area (Å²) >= 11 is 0. The normalized spacial score (nSPS) is 13.0. The highest BCUT2D eigenvalue weighted by atomic mass is 32.2. The predicted octanol–water partition coefficient (Wildman–Crippen LogP) is 4.59. The summed E-state index contributed by atoms with van der Waals surface area (Å²) in [6, 6.07) is 12.9. The van der Waals surface area contributed by atoms with Gasteiger partial charge in [-0.05, 0) is 119 Å². The molecule has 3 aromatic rings. The first-order valence-corrected chi connectivity index (χ1v) is 20.7. The Morgan fingerprint density at radius 1 is 0.772 bits per heavy atom. The molecular formula is C40H53N9O7S. The summed E-state index contributed by atoms with van der Waals surface area (Å²) in [5.41, 5.74) is 2.15. The van der Waals surface area contributed by atoms with E-state index in [1.54, 1.807) is 18.2 Å². The molecule has 0 saturated heterocycles. The third-order valence-electron chi connectivity index (χ3n) is 9.44. The molecule has 1 aliphatic rings. The van der Waals surface area contributed by atoms with Crippen molar-refractivity contribution < 1.29 is 32.4 Å².